The molecule has 2 aromatic rings. The van der Waals surface area contributed by atoms with Crippen LogP contribution in [-0.4, -0.2) is 24.5 Å². The molecule has 7 heteroatoms. The van der Waals surface area contributed by atoms with Crippen molar-refractivity contribution in [1.82, 2.24) is 10.3 Å². The first-order valence-electron chi connectivity index (χ1n) is 7.24. The van der Waals surface area contributed by atoms with Gasteiger partial charge in [0, 0.05) is 19.0 Å². The van der Waals surface area contributed by atoms with Gasteiger partial charge in [-0.25, -0.2) is 4.98 Å². The molecule has 0 aliphatic heterocycles. The number of ether oxygens (including phenoxy) is 1. The Balaban J connectivity index is 0.00000264. The first-order valence-corrected chi connectivity index (χ1v) is 7.24. The molecular weight excluding hydrogens is 349 g/mol. The summed E-state index contributed by atoms with van der Waals surface area (Å²) in [6.45, 7) is 4.75. The Morgan fingerprint density at radius 1 is 1.12 bits per heavy atom. The Hall–Kier alpha value is -1.82. The first-order chi connectivity index (χ1) is 10.6. The maximum Gasteiger partial charge on any atom is 0.225 e. The minimum absolute atomic E-state index is 0. The monoisotopic (exact) mass is 371 g/mol. The number of aromatic nitrogens is 1. The average molecular weight is 372 g/mol. The molecule has 1 amide bonds. The average Bonchev–Trinajstić information content (AvgIpc) is 2.51. The van der Waals surface area contributed by atoms with Gasteiger partial charge in [0.25, 0.3) is 0 Å². The van der Waals surface area contributed by atoms with Crippen molar-refractivity contribution in [3.05, 3.63) is 47.7 Å². The van der Waals surface area contributed by atoms with E-state index < -0.39 is 0 Å². The molecule has 0 radical (unpaired) electrons. The summed E-state index contributed by atoms with van der Waals surface area (Å²) in [5, 5.41) is 5.72. The number of benzene rings is 1. The molecule has 0 saturated carbocycles. The zero-order valence-corrected chi connectivity index (χ0v) is 15.6. The summed E-state index contributed by atoms with van der Waals surface area (Å²) in [5.74, 6) is 1.21. The molecule has 0 aliphatic rings. The summed E-state index contributed by atoms with van der Waals surface area (Å²) >= 11 is 0. The number of anilines is 1. The molecule has 0 saturated heterocycles. The van der Waals surface area contributed by atoms with E-state index in [2.05, 4.69) is 22.5 Å². The highest BCUT2D eigenvalue weighted by Crippen LogP contribution is 2.22. The van der Waals surface area contributed by atoms with Crippen LogP contribution in [0.4, 0.5) is 5.69 Å². The highest BCUT2D eigenvalue weighted by molar-refractivity contribution is 5.90. The second-order valence-electron chi connectivity index (χ2n) is 5.13. The van der Waals surface area contributed by atoms with E-state index in [9.17, 15) is 4.79 Å². The van der Waals surface area contributed by atoms with Crippen LogP contribution in [-0.2, 0) is 4.79 Å². The van der Waals surface area contributed by atoms with E-state index in [1.807, 2.05) is 32.2 Å². The summed E-state index contributed by atoms with van der Waals surface area (Å²) in [6.07, 6.45) is 2.02. The van der Waals surface area contributed by atoms with Crippen LogP contribution < -0.4 is 15.4 Å². The number of pyridine rings is 1. The maximum atomic E-state index is 11.6. The zero-order valence-electron chi connectivity index (χ0n) is 14.0. The van der Waals surface area contributed by atoms with Crippen LogP contribution in [0.2, 0.25) is 0 Å². The number of nitrogens with one attached hydrogen (secondary N) is 2. The van der Waals surface area contributed by atoms with Crippen molar-refractivity contribution in [3.63, 3.8) is 0 Å². The normalized spacial score (nSPS) is 9.46. The third-order valence-corrected chi connectivity index (χ3v) is 3.32. The fourth-order valence-electron chi connectivity index (χ4n) is 1.87. The fourth-order valence-corrected chi connectivity index (χ4v) is 1.87. The number of aryl methyl sites for hydroxylation is 2. The number of nitrogens with zero attached hydrogens (tertiary/aromatic N) is 1. The summed E-state index contributed by atoms with van der Waals surface area (Å²) in [4.78, 5) is 15.8. The highest BCUT2D eigenvalue weighted by atomic mass is 35.5. The van der Waals surface area contributed by atoms with Gasteiger partial charge in [0.2, 0.25) is 11.8 Å². The molecule has 24 heavy (non-hydrogen) atoms. The lowest BCUT2D eigenvalue weighted by molar-refractivity contribution is -0.116. The minimum Gasteiger partial charge on any atom is -0.439 e. The van der Waals surface area contributed by atoms with Crippen molar-refractivity contribution < 1.29 is 9.53 Å². The highest BCUT2D eigenvalue weighted by Gasteiger charge is 2.04. The van der Waals surface area contributed by atoms with Gasteiger partial charge in [-0.2, -0.15) is 0 Å². The molecule has 132 valence electrons. The molecular formula is C17H23Cl2N3O2. The summed E-state index contributed by atoms with van der Waals surface area (Å²) in [7, 11) is 1.81. The van der Waals surface area contributed by atoms with Gasteiger partial charge < -0.3 is 15.4 Å². The largest absolute Gasteiger partial charge is 0.439 e. The number of carbonyl (C=O) groups is 1. The predicted octanol–water partition coefficient (Wildman–Crippen LogP) is 3.88. The third kappa shape index (κ3) is 6.74. The van der Waals surface area contributed by atoms with Gasteiger partial charge in [-0.1, -0.05) is 6.07 Å². The van der Waals surface area contributed by atoms with Gasteiger partial charge in [-0.15, -0.1) is 24.8 Å². The van der Waals surface area contributed by atoms with Crippen molar-refractivity contribution >= 4 is 36.4 Å². The van der Waals surface area contributed by atoms with Crippen LogP contribution in [0.5, 0.6) is 11.6 Å². The summed E-state index contributed by atoms with van der Waals surface area (Å²) in [5.41, 5.74) is 3.05. The van der Waals surface area contributed by atoms with Gasteiger partial charge in [-0.3, -0.25) is 4.79 Å². The van der Waals surface area contributed by atoms with Gasteiger partial charge in [0.15, 0.2) is 0 Å². The van der Waals surface area contributed by atoms with Crippen LogP contribution in [0.1, 0.15) is 17.5 Å². The minimum atomic E-state index is -0.0426. The van der Waals surface area contributed by atoms with Crippen molar-refractivity contribution in [1.29, 1.82) is 0 Å². The van der Waals surface area contributed by atoms with E-state index in [1.54, 1.807) is 18.3 Å². The van der Waals surface area contributed by atoms with Crippen molar-refractivity contribution in [2.75, 3.05) is 18.9 Å². The van der Waals surface area contributed by atoms with Gasteiger partial charge in [0.1, 0.15) is 5.75 Å². The molecule has 2 N–H and O–H groups in total. The fraction of sp³-hybridized carbons (Fsp3) is 0.294. The van der Waals surface area contributed by atoms with E-state index in [0.717, 1.165) is 5.75 Å². The molecule has 1 aromatic carbocycles. The molecule has 0 unspecified atom stereocenters. The number of amides is 1. The standard InChI is InChI=1S/C17H21N3O2.2ClH/c1-12-4-6-15(10-13(12)2)22-17-7-5-14(11-19-17)20-16(21)8-9-18-3;;/h4-7,10-11,18H,8-9H2,1-3H3,(H,20,21);2*1H. The zero-order chi connectivity index (χ0) is 15.9. The van der Waals surface area contributed by atoms with Gasteiger partial charge in [0.05, 0.1) is 11.9 Å². The van der Waals surface area contributed by atoms with Gasteiger partial charge >= 0.3 is 0 Å². The molecule has 0 bridgehead atoms. The Morgan fingerprint density at radius 3 is 2.46 bits per heavy atom. The topological polar surface area (TPSA) is 63.2 Å². The SMILES string of the molecule is CNCCC(=O)Nc1ccc(Oc2ccc(C)c(C)c2)nc1.Cl.Cl. The van der Waals surface area contributed by atoms with Crippen LogP contribution in [0.3, 0.4) is 0 Å². The maximum absolute atomic E-state index is 11.6. The number of halogens is 2. The lowest BCUT2D eigenvalue weighted by atomic mass is 10.1. The number of hydrogen-bond acceptors (Lipinski definition) is 4. The van der Waals surface area contributed by atoms with Crippen LogP contribution in [0.15, 0.2) is 36.5 Å². The van der Waals surface area contributed by atoms with Crippen LogP contribution in [0, 0.1) is 13.8 Å². The van der Waals surface area contributed by atoms with E-state index >= 15 is 0 Å². The van der Waals surface area contributed by atoms with E-state index in [0.29, 0.717) is 24.5 Å². The summed E-state index contributed by atoms with van der Waals surface area (Å²) in [6, 6.07) is 9.42. The van der Waals surface area contributed by atoms with Gasteiger partial charge in [-0.05, 0) is 50.2 Å². The number of carbonyl (C=O) groups excluding carboxylic acids is 1. The molecule has 0 fully saturated rings. The summed E-state index contributed by atoms with van der Waals surface area (Å²) < 4.78 is 5.71. The quantitative estimate of drug-likeness (QED) is 0.808. The predicted molar refractivity (Wildman–Crippen MR) is 102 cm³/mol. The van der Waals surface area contributed by atoms with Crippen molar-refractivity contribution in [3.8, 4) is 11.6 Å². The second kappa shape index (κ2) is 10.9. The smallest absolute Gasteiger partial charge is 0.225 e. The molecule has 5 nitrogen and oxygen atoms in total. The molecule has 1 heterocycles. The third-order valence-electron chi connectivity index (χ3n) is 3.32. The van der Waals surface area contributed by atoms with Crippen molar-refractivity contribution in [2.45, 2.75) is 20.3 Å². The van der Waals surface area contributed by atoms with Crippen LogP contribution in [0.25, 0.3) is 0 Å². The van der Waals surface area contributed by atoms with E-state index in [4.69, 9.17) is 4.74 Å². The van der Waals surface area contributed by atoms with Crippen molar-refractivity contribution in [2.24, 2.45) is 0 Å². The Morgan fingerprint density at radius 2 is 1.88 bits per heavy atom. The van der Waals surface area contributed by atoms with E-state index in [1.165, 1.54) is 11.1 Å². The Labute approximate surface area is 155 Å². The molecule has 0 atom stereocenters. The van der Waals surface area contributed by atoms with E-state index in [-0.39, 0.29) is 30.7 Å². The lowest BCUT2D eigenvalue weighted by Gasteiger charge is -2.08. The molecule has 1 aromatic heterocycles. The molecule has 2 rings (SSSR count). The molecule has 0 spiro atoms. The number of hydrogen-bond donors (Lipinski definition) is 2. The molecule has 0 aliphatic carbocycles. The lowest BCUT2D eigenvalue weighted by Crippen LogP contribution is -2.18. The van der Waals surface area contributed by atoms with Crippen LogP contribution >= 0.6 is 24.8 Å². The first kappa shape index (κ1) is 22.2. The Kier molecular flexibility index (Phi) is 10.0. The number of rotatable bonds is 6. The second-order valence-corrected chi connectivity index (χ2v) is 5.13. The Bertz CT molecular complexity index is 649.